The highest BCUT2D eigenvalue weighted by Crippen LogP contribution is 2.12. The van der Waals surface area contributed by atoms with Gasteiger partial charge in [-0.05, 0) is 12.8 Å². The number of aryl methyl sites for hydroxylation is 1. The number of carbonyl (C=O) groups excluding carboxylic acids is 1. The molecule has 112 valence electrons. The van der Waals surface area contributed by atoms with Crippen LogP contribution < -0.4 is 0 Å². The van der Waals surface area contributed by atoms with E-state index in [1.54, 1.807) is 11.0 Å². The van der Waals surface area contributed by atoms with Gasteiger partial charge in [0.2, 0.25) is 15.8 Å². The Labute approximate surface area is 118 Å². The molecule has 1 fully saturated rings. The lowest BCUT2D eigenvalue weighted by Crippen LogP contribution is -2.36. The molecule has 0 bridgehead atoms. The van der Waals surface area contributed by atoms with Crippen molar-refractivity contribution in [2.24, 2.45) is 0 Å². The Morgan fingerprint density at radius 3 is 2.70 bits per heavy atom. The molecule has 7 nitrogen and oxygen atoms in total. The van der Waals surface area contributed by atoms with Crippen LogP contribution in [-0.4, -0.2) is 61.1 Å². The first-order chi connectivity index (χ1) is 9.41. The normalized spacial score (nSPS) is 18.0. The topological polar surface area (TPSA) is 83.7 Å². The van der Waals surface area contributed by atoms with Crippen LogP contribution in [0, 0.1) is 0 Å². The van der Waals surface area contributed by atoms with Crippen molar-refractivity contribution in [1.82, 2.24) is 14.4 Å². The van der Waals surface area contributed by atoms with Crippen molar-refractivity contribution in [1.29, 1.82) is 0 Å². The Morgan fingerprint density at radius 2 is 2.10 bits per heavy atom. The Balaban J connectivity index is 2.05. The SMILES string of the molecule is CCc1cc(C(=O)N2CCCN(S(C)(=O)=O)CC2)on1. The molecule has 1 aromatic rings. The minimum atomic E-state index is -3.20. The standard InChI is InChI=1S/C12H19N3O4S/c1-3-10-9-11(19-13-10)12(16)14-5-4-6-15(8-7-14)20(2,17)18/h9H,3-8H2,1-2H3. The fourth-order valence-electron chi connectivity index (χ4n) is 2.16. The number of aromatic nitrogens is 1. The van der Waals surface area contributed by atoms with Gasteiger partial charge in [0.15, 0.2) is 0 Å². The summed E-state index contributed by atoms with van der Waals surface area (Å²) in [4.78, 5) is 13.9. The molecule has 0 spiro atoms. The van der Waals surface area contributed by atoms with E-state index in [0.717, 1.165) is 5.69 Å². The third kappa shape index (κ3) is 3.37. The monoisotopic (exact) mass is 301 g/mol. The van der Waals surface area contributed by atoms with Crippen molar-refractivity contribution in [2.45, 2.75) is 19.8 Å². The maximum Gasteiger partial charge on any atom is 0.292 e. The predicted molar refractivity (Wildman–Crippen MR) is 72.8 cm³/mol. The molecule has 0 saturated carbocycles. The summed E-state index contributed by atoms with van der Waals surface area (Å²) in [5.41, 5.74) is 0.737. The van der Waals surface area contributed by atoms with Gasteiger partial charge in [-0.25, -0.2) is 12.7 Å². The number of amides is 1. The molecular formula is C12H19N3O4S. The Hall–Kier alpha value is -1.41. The van der Waals surface area contributed by atoms with Gasteiger partial charge < -0.3 is 9.42 Å². The zero-order valence-corrected chi connectivity index (χ0v) is 12.5. The summed E-state index contributed by atoms with van der Waals surface area (Å²) >= 11 is 0. The molecule has 0 aliphatic carbocycles. The van der Waals surface area contributed by atoms with Gasteiger partial charge in [0.1, 0.15) is 0 Å². The number of rotatable bonds is 3. The smallest absolute Gasteiger partial charge is 0.292 e. The summed E-state index contributed by atoms with van der Waals surface area (Å²) in [6, 6.07) is 1.64. The van der Waals surface area contributed by atoms with Gasteiger partial charge in [0.25, 0.3) is 5.91 Å². The van der Waals surface area contributed by atoms with Crippen LogP contribution in [-0.2, 0) is 16.4 Å². The quantitative estimate of drug-likeness (QED) is 0.804. The molecule has 20 heavy (non-hydrogen) atoms. The van der Waals surface area contributed by atoms with Crippen LogP contribution in [0.3, 0.4) is 0 Å². The van der Waals surface area contributed by atoms with E-state index in [-0.39, 0.29) is 11.7 Å². The zero-order chi connectivity index (χ0) is 14.8. The van der Waals surface area contributed by atoms with E-state index in [4.69, 9.17) is 4.52 Å². The van der Waals surface area contributed by atoms with Gasteiger partial charge >= 0.3 is 0 Å². The first kappa shape index (κ1) is 15.0. The second-order valence-corrected chi connectivity index (χ2v) is 6.83. The molecule has 1 saturated heterocycles. The molecule has 1 aliphatic rings. The van der Waals surface area contributed by atoms with E-state index in [2.05, 4.69) is 5.16 Å². The van der Waals surface area contributed by atoms with Crippen molar-refractivity contribution in [3.63, 3.8) is 0 Å². The van der Waals surface area contributed by atoms with Crippen LogP contribution >= 0.6 is 0 Å². The second kappa shape index (κ2) is 5.92. The number of sulfonamides is 1. The fraction of sp³-hybridized carbons (Fsp3) is 0.667. The first-order valence-corrected chi connectivity index (χ1v) is 8.46. The van der Waals surface area contributed by atoms with Crippen LogP contribution in [0.25, 0.3) is 0 Å². The molecule has 0 radical (unpaired) electrons. The first-order valence-electron chi connectivity index (χ1n) is 6.62. The van der Waals surface area contributed by atoms with Crippen molar-refractivity contribution in [3.05, 3.63) is 17.5 Å². The molecule has 2 heterocycles. The van der Waals surface area contributed by atoms with Gasteiger partial charge in [-0.3, -0.25) is 4.79 Å². The van der Waals surface area contributed by atoms with Crippen molar-refractivity contribution >= 4 is 15.9 Å². The summed E-state index contributed by atoms with van der Waals surface area (Å²) in [6.07, 6.45) is 2.51. The minimum absolute atomic E-state index is 0.217. The van der Waals surface area contributed by atoms with Gasteiger partial charge in [0.05, 0.1) is 11.9 Å². The zero-order valence-electron chi connectivity index (χ0n) is 11.7. The maximum absolute atomic E-state index is 12.3. The van der Waals surface area contributed by atoms with Gasteiger partial charge in [-0.1, -0.05) is 12.1 Å². The highest BCUT2D eigenvalue weighted by Gasteiger charge is 2.26. The van der Waals surface area contributed by atoms with Crippen LogP contribution in [0.1, 0.15) is 29.6 Å². The summed E-state index contributed by atoms with van der Waals surface area (Å²) in [5, 5.41) is 3.80. The van der Waals surface area contributed by atoms with E-state index < -0.39 is 10.0 Å². The van der Waals surface area contributed by atoms with Gasteiger partial charge in [0, 0.05) is 32.2 Å². The molecule has 0 atom stereocenters. The molecule has 0 N–H and O–H groups in total. The van der Waals surface area contributed by atoms with E-state index in [1.807, 2.05) is 6.92 Å². The van der Waals surface area contributed by atoms with Crippen molar-refractivity contribution in [2.75, 3.05) is 32.4 Å². The summed E-state index contributed by atoms with van der Waals surface area (Å²) in [6.45, 7) is 3.58. The predicted octanol–water partition coefficient (Wildman–Crippen LogP) is 0.345. The van der Waals surface area contributed by atoms with E-state index in [0.29, 0.717) is 39.0 Å². The molecule has 2 rings (SSSR count). The van der Waals surface area contributed by atoms with Crippen molar-refractivity contribution in [3.8, 4) is 0 Å². The largest absolute Gasteiger partial charge is 0.351 e. The maximum atomic E-state index is 12.3. The number of hydrogen-bond donors (Lipinski definition) is 0. The molecule has 0 aromatic carbocycles. The van der Waals surface area contributed by atoms with Crippen LogP contribution in [0.15, 0.2) is 10.6 Å². The number of carbonyl (C=O) groups is 1. The highest BCUT2D eigenvalue weighted by atomic mass is 32.2. The Bertz CT molecular complexity index is 581. The highest BCUT2D eigenvalue weighted by molar-refractivity contribution is 7.88. The summed E-state index contributed by atoms with van der Waals surface area (Å²) < 4.78 is 29.5. The minimum Gasteiger partial charge on any atom is -0.351 e. The van der Waals surface area contributed by atoms with E-state index >= 15 is 0 Å². The average molecular weight is 301 g/mol. The molecule has 1 amide bonds. The van der Waals surface area contributed by atoms with Crippen LogP contribution in [0.5, 0.6) is 0 Å². The van der Waals surface area contributed by atoms with Gasteiger partial charge in [-0.15, -0.1) is 0 Å². The van der Waals surface area contributed by atoms with Crippen LogP contribution in [0.2, 0.25) is 0 Å². The van der Waals surface area contributed by atoms with E-state index in [9.17, 15) is 13.2 Å². The Morgan fingerprint density at radius 1 is 1.35 bits per heavy atom. The Kier molecular flexibility index (Phi) is 4.44. The molecule has 8 heteroatoms. The number of nitrogens with zero attached hydrogens (tertiary/aromatic N) is 3. The molecule has 0 unspecified atom stereocenters. The van der Waals surface area contributed by atoms with Crippen LogP contribution in [0.4, 0.5) is 0 Å². The summed E-state index contributed by atoms with van der Waals surface area (Å²) in [7, 11) is -3.20. The molecule has 1 aliphatic heterocycles. The van der Waals surface area contributed by atoms with E-state index in [1.165, 1.54) is 10.6 Å². The third-order valence-corrected chi connectivity index (χ3v) is 4.65. The average Bonchev–Trinajstić information content (AvgIpc) is 2.72. The van der Waals surface area contributed by atoms with Crippen molar-refractivity contribution < 1.29 is 17.7 Å². The third-order valence-electron chi connectivity index (χ3n) is 3.34. The summed E-state index contributed by atoms with van der Waals surface area (Å²) in [5.74, 6) is -0.0118. The van der Waals surface area contributed by atoms with Gasteiger partial charge in [-0.2, -0.15) is 0 Å². The lowest BCUT2D eigenvalue weighted by atomic mass is 10.3. The lowest BCUT2D eigenvalue weighted by Gasteiger charge is -2.19. The molecule has 1 aromatic heterocycles. The number of hydrogen-bond acceptors (Lipinski definition) is 5. The molecular weight excluding hydrogens is 282 g/mol. The lowest BCUT2D eigenvalue weighted by molar-refractivity contribution is 0.0722. The fourth-order valence-corrected chi connectivity index (χ4v) is 3.04. The second-order valence-electron chi connectivity index (χ2n) is 4.84.